The number of benzene rings is 2. The van der Waals surface area contributed by atoms with Crippen LogP contribution in [-0.2, 0) is 4.79 Å². The Kier molecular flexibility index (Phi) is 5.42. The van der Waals surface area contributed by atoms with Crippen molar-refractivity contribution in [3.63, 3.8) is 0 Å². The number of nitro groups is 2. The van der Waals surface area contributed by atoms with Crippen molar-refractivity contribution in [1.29, 1.82) is 0 Å². The van der Waals surface area contributed by atoms with Crippen molar-refractivity contribution in [1.82, 2.24) is 5.32 Å². The van der Waals surface area contributed by atoms with E-state index in [-0.39, 0.29) is 15.6 Å². The highest BCUT2D eigenvalue weighted by atomic mass is 79.9. The second kappa shape index (κ2) is 7.78. The number of carbonyl (C=O) groups excluding carboxylic acids is 1. The van der Waals surface area contributed by atoms with Crippen LogP contribution in [0.4, 0.5) is 17.1 Å². The minimum Gasteiger partial charge on any atom is -0.502 e. The summed E-state index contributed by atoms with van der Waals surface area (Å²) in [6.45, 7) is 0. The molecule has 2 N–H and O–H groups in total. The van der Waals surface area contributed by atoms with Gasteiger partial charge in [0, 0.05) is 16.1 Å². The Balaban J connectivity index is 1.97. The van der Waals surface area contributed by atoms with Gasteiger partial charge in [-0.1, -0.05) is 15.9 Å². The van der Waals surface area contributed by atoms with E-state index in [0.29, 0.717) is 11.8 Å². The Morgan fingerprint density at radius 3 is 2.43 bits per heavy atom. The second-order valence-corrected chi connectivity index (χ2v) is 7.32. The van der Waals surface area contributed by atoms with Gasteiger partial charge >= 0.3 is 5.69 Å². The number of halogens is 1. The van der Waals surface area contributed by atoms with Crippen LogP contribution in [-0.4, -0.2) is 26.0 Å². The van der Waals surface area contributed by atoms with E-state index in [1.54, 1.807) is 24.3 Å². The van der Waals surface area contributed by atoms with Gasteiger partial charge in [0.2, 0.25) is 5.75 Å². The molecule has 0 spiro atoms. The highest BCUT2D eigenvalue weighted by Gasteiger charge is 2.27. The smallest absolute Gasteiger partial charge is 0.318 e. The Morgan fingerprint density at radius 2 is 1.82 bits per heavy atom. The van der Waals surface area contributed by atoms with E-state index in [9.17, 15) is 30.1 Å². The summed E-state index contributed by atoms with van der Waals surface area (Å²) in [6.07, 6.45) is 1.14. The Bertz CT molecular complexity index is 1070. The maximum absolute atomic E-state index is 12.1. The second-order valence-electron chi connectivity index (χ2n) is 5.38. The van der Waals surface area contributed by atoms with E-state index in [2.05, 4.69) is 26.2 Å². The lowest BCUT2D eigenvalue weighted by molar-refractivity contribution is -0.394. The number of aliphatic imine (C=N–C) groups is 1. The lowest BCUT2D eigenvalue weighted by atomic mass is 10.1. The van der Waals surface area contributed by atoms with Crippen molar-refractivity contribution in [3.8, 4) is 5.75 Å². The molecule has 12 heteroatoms. The molecule has 142 valence electrons. The number of aromatic hydroxyl groups is 1. The molecule has 2 aromatic rings. The summed E-state index contributed by atoms with van der Waals surface area (Å²) >= 11 is 4.24. The Hall–Kier alpha value is -3.25. The maximum atomic E-state index is 12.1. The van der Waals surface area contributed by atoms with Crippen LogP contribution in [0.3, 0.4) is 0 Å². The third-order valence-corrected chi connectivity index (χ3v) is 4.94. The molecule has 1 amide bonds. The van der Waals surface area contributed by atoms with Gasteiger partial charge in [0.1, 0.15) is 0 Å². The molecule has 0 aliphatic carbocycles. The molecule has 1 aliphatic rings. The van der Waals surface area contributed by atoms with Crippen molar-refractivity contribution in [2.75, 3.05) is 0 Å². The molecule has 3 rings (SSSR count). The van der Waals surface area contributed by atoms with Gasteiger partial charge in [-0.05, 0) is 42.1 Å². The predicted octanol–water partition coefficient (Wildman–Crippen LogP) is 3.86. The highest BCUT2D eigenvalue weighted by molar-refractivity contribution is 9.10. The first kappa shape index (κ1) is 19.5. The van der Waals surface area contributed by atoms with Gasteiger partial charge in [-0.3, -0.25) is 25.0 Å². The van der Waals surface area contributed by atoms with E-state index in [4.69, 9.17) is 0 Å². The fourth-order valence-electron chi connectivity index (χ4n) is 2.23. The topological polar surface area (TPSA) is 148 Å². The number of hydrogen-bond acceptors (Lipinski definition) is 8. The molecule has 10 nitrogen and oxygen atoms in total. The first-order valence-electron chi connectivity index (χ1n) is 7.45. The molecule has 0 atom stereocenters. The first-order valence-corrected chi connectivity index (χ1v) is 9.06. The van der Waals surface area contributed by atoms with Gasteiger partial charge in [-0.25, -0.2) is 4.99 Å². The molecular formula is C16H9BrN4O6S. The summed E-state index contributed by atoms with van der Waals surface area (Å²) in [4.78, 5) is 36.7. The number of phenolic OH excluding ortho intramolecular Hbond substituents is 1. The van der Waals surface area contributed by atoms with Gasteiger partial charge in [0.05, 0.1) is 26.5 Å². The van der Waals surface area contributed by atoms with Crippen LogP contribution in [0.1, 0.15) is 5.56 Å². The zero-order valence-electron chi connectivity index (χ0n) is 13.7. The summed E-state index contributed by atoms with van der Waals surface area (Å²) < 4.78 is 0.864. The van der Waals surface area contributed by atoms with Crippen LogP contribution in [0.15, 0.2) is 50.8 Å². The van der Waals surface area contributed by atoms with Gasteiger partial charge in [0.15, 0.2) is 5.17 Å². The molecule has 0 unspecified atom stereocenters. The van der Waals surface area contributed by atoms with Crippen molar-refractivity contribution in [2.24, 2.45) is 4.99 Å². The fourth-order valence-corrected chi connectivity index (χ4v) is 3.33. The van der Waals surface area contributed by atoms with E-state index in [1.165, 1.54) is 0 Å². The average Bonchev–Trinajstić information content (AvgIpc) is 2.97. The third-order valence-electron chi connectivity index (χ3n) is 3.51. The lowest BCUT2D eigenvalue weighted by Gasteiger charge is -2.02. The predicted molar refractivity (Wildman–Crippen MR) is 106 cm³/mol. The molecule has 0 aromatic heterocycles. The number of amidine groups is 1. The number of non-ortho nitro benzene ring substituents is 1. The normalized spacial score (nSPS) is 16.4. The summed E-state index contributed by atoms with van der Waals surface area (Å²) in [7, 11) is 0. The van der Waals surface area contributed by atoms with Crippen molar-refractivity contribution in [3.05, 3.63) is 71.6 Å². The third kappa shape index (κ3) is 4.18. The number of nitrogens with one attached hydrogen (secondary N) is 1. The number of hydrogen-bond donors (Lipinski definition) is 2. The molecule has 0 radical (unpaired) electrons. The first-order chi connectivity index (χ1) is 13.2. The molecule has 1 fully saturated rings. The number of nitrogens with zero attached hydrogens (tertiary/aromatic N) is 3. The summed E-state index contributed by atoms with van der Waals surface area (Å²) in [5.41, 5.74) is -1.04. The summed E-state index contributed by atoms with van der Waals surface area (Å²) in [6, 6.07) is 8.60. The zero-order valence-corrected chi connectivity index (χ0v) is 16.1. The van der Waals surface area contributed by atoms with Gasteiger partial charge in [0.25, 0.3) is 11.6 Å². The highest BCUT2D eigenvalue weighted by Crippen LogP contribution is 2.37. The SMILES string of the molecule is O=C1NC(=Nc2ccc(Br)cc2)SC1=Cc1cc([N+](=O)[O-])cc([N+](=O)[O-])c1O. The van der Waals surface area contributed by atoms with E-state index < -0.39 is 32.9 Å². The molecule has 1 aliphatic heterocycles. The van der Waals surface area contributed by atoms with Crippen molar-refractivity contribution < 1.29 is 19.7 Å². The molecule has 28 heavy (non-hydrogen) atoms. The van der Waals surface area contributed by atoms with Crippen molar-refractivity contribution in [2.45, 2.75) is 0 Å². The van der Waals surface area contributed by atoms with Crippen LogP contribution >= 0.6 is 27.7 Å². The fraction of sp³-hybridized carbons (Fsp3) is 0. The molecular weight excluding hydrogens is 456 g/mol. The lowest BCUT2D eigenvalue weighted by Crippen LogP contribution is -2.19. The number of carbonyl (C=O) groups is 1. The standard InChI is InChI=1S/C16H9BrN4O6S/c17-9-1-3-10(4-2-9)18-16-19-15(23)13(28-16)6-8-5-11(20(24)25)7-12(14(8)22)21(26)27/h1-7,22H,(H,18,19,23). The molecule has 0 saturated carbocycles. The molecule has 1 heterocycles. The van der Waals surface area contributed by atoms with Crippen LogP contribution < -0.4 is 5.32 Å². The largest absolute Gasteiger partial charge is 0.502 e. The van der Waals surface area contributed by atoms with Crippen LogP contribution in [0.5, 0.6) is 5.75 Å². The minimum absolute atomic E-state index is 0.0703. The van der Waals surface area contributed by atoms with Crippen molar-refractivity contribution >= 4 is 61.9 Å². The van der Waals surface area contributed by atoms with E-state index in [1.807, 2.05) is 0 Å². The van der Waals surface area contributed by atoms with Crippen LogP contribution in [0.2, 0.25) is 0 Å². The molecule has 0 bridgehead atoms. The van der Waals surface area contributed by atoms with Gasteiger partial charge < -0.3 is 10.4 Å². The van der Waals surface area contributed by atoms with E-state index in [0.717, 1.165) is 28.4 Å². The van der Waals surface area contributed by atoms with Gasteiger partial charge in [-0.15, -0.1) is 0 Å². The molecule has 1 saturated heterocycles. The summed E-state index contributed by atoms with van der Waals surface area (Å²) in [5, 5.41) is 34.9. The number of thioether (sulfide) groups is 1. The van der Waals surface area contributed by atoms with E-state index >= 15 is 0 Å². The summed E-state index contributed by atoms with van der Waals surface area (Å²) in [5.74, 6) is -1.32. The Morgan fingerprint density at radius 1 is 1.14 bits per heavy atom. The minimum atomic E-state index is -0.938. The van der Waals surface area contributed by atoms with Crippen LogP contribution in [0, 0.1) is 20.2 Å². The monoisotopic (exact) mass is 464 g/mol. The quantitative estimate of drug-likeness (QED) is 0.396. The van der Waals surface area contributed by atoms with Crippen LogP contribution in [0.25, 0.3) is 6.08 Å². The maximum Gasteiger partial charge on any atom is 0.318 e. The number of rotatable bonds is 4. The molecule has 2 aromatic carbocycles. The zero-order chi connectivity index (χ0) is 20.4. The van der Waals surface area contributed by atoms with Gasteiger partial charge in [-0.2, -0.15) is 0 Å². The number of phenols is 1. The number of nitro benzene ring substituents is 2. The average molecular weight is 465 g/mol. The Labute approximate surface area is 169 Å². The number of amides is 1.